The van der Waals surface area contributed by atoms with Crippen LogP contribution in [0.4, 0.5) is 17.1 Å². The largest absolute Gasteiger partial charge is 0.453 e. The Morgan fingerprint density at radius 1 is 0.140 bits per heavy atom. The third-order valence-electron chi connectivity index (χ3n) is 25.0. The highest BCUT2D eigenvalue weighted by atomic mass is 16.5. The van der Waals surface area contributed by atoms with Gasteiger partial charge in [0.25, 0.3) is 0 Å². The molecule has 0 amide bonds. The van der Waals surface area contributed by atoms with Crippen LogP contribution >= 0.6 is 0 Å². The molecule has 0 radical (unpaired) electrons. The molecule has 0 bridgehead atoms. The van der Waals surface area contributed by atoms with Crippen LogP contribution in [0.15, 0.2) is 431 Å². The number of fused-ring (bicyclic) bond motifs is 16. The molecule has 2 aliphatic rings. The maximum absolute atomic E-state index is 7.02. The number of hydrogen-bond acceptors (Lipinski definition) is 3. The highest BCUT2D eigenvalue weighted by Crippen LogP contribution is 2.61. The van der Waals surface area contributed by atoms with E-state index in [0.717, 1.165) is 140 Å². The van der Waals surface area contributed by atoms with Gasteiger partial charge in [0, 0.05) is 66.6 Å². The third-order valence-corrected chi connectivity index (χ3v) is 25.0. The van der Waals surface area contributed by atoms with Crippen molar-refractivity contribution in [3.8, 4) is 135 Å². The number of nitrogens with zero attached hydrogens (tertiary/aromatic N) is 5. The molecule has 23 aromatic rings. The van der Waals surface area contributed by atoms with Crippen LogP contribution in [0.25, 0.3) is 199 Å². The summed E-state index contributed by atoms with van der Waals surface area (Å²) >= 11 is 0. The van der Waals surface area contributed by atoms with Crippen LogP contribution in [-0.4, -0.2) is 18.3 Å². The molecule has 6 heterocycles. The third kappa shape index (κ3) is 11.1. The van der Waals surface area contributed by atoms with Crippen LogP contribution in [0.2, 0.25) is 0 Å². The van der Waals surface area contributed by atoms with E-state index < -0.39 is 0 Å². The number of ether oxygens (including phenoxy) is 2. The van der Waals surface area contributed by atoms with Crippen molar-refractivity contribution in [2.45, 2.75) is 0 Å². The van der Waals surface area contributed by atoms with Crippen molar-refractivity contribution in [2.75, 3.05) is 4.90 Å². The van der Waals surface area contributed by atoms with Crippen molar-refractivity contribution < 1.29 is 9.47 Å². The fourth-order valence-electron chi connectivity index (χ4n) is 19.5. The molecule has 0 spiro atoms. The fourth-order valence-corrected chi connectivity index (χ4v) is 19.5. The number of benzene rings is 19. The molecule has 2 aliphatic heterocycles. The van der Waals surface area contributed by atoms with E-state index in [-0.39, 0.29) is 0 Å². The van der Waals surface area contributed by atoms with Gasteiger partial charge < -0.3 is 27.7 Å². The van der Waals surface area contributed by atoms with E-state index in [4.69, 9.17) is 9.47 Å². The summed E-state index contributed by atoms with van der Waals surface area (Å²) in [6.45, 7) is 0. The fraction of sp³-hybridized carbons (Fsp3) is 0. The first kappa shape index (κ1) is 68.0. The van der Waals surface area contributed by atoms with E-state index >= 15 is 0 Å². The molecule has 25 rings (SSSR count). The van der Waals surface area contributed by atoms with Crippen molar-refractivity contribution in [1.82, 2.24) is 18.3 Å². The average Bonchev–Trinajstić information content (AvgIpc) is 1.64. The molecular formula is C114H71N5O2. The molecule has 0 saturated heterocycles. The van der Waals surface area contributed by atoms with Gasteiger partial charge in [-0.2, -0.15) is 0 Å². The molecule has 7 heteroatoms. The Balaban J connectivity index is 0.534. The summed E-state index contributed by atoms with van der Waals surface area (Å²) in [5, 5.41) is 9.52. The minimum Gasteiger partial charge on any atom is -0.453 e. The molecule has 564 valence electrons. The Kier molecular flexibility index (Phi) is 15.3. The van der Waals surface area contributed by atoms with Gasteiger partial charge in [-0.3, -0.25) is 4.90 Å². The summed E-state index contributed by atoms with van der Waals surface area (Å²) < 4.78 is 23.7. The monoisotopic (exact) mass is 1540 g/mol. The van der Waals surface area contributed by atoms with Gasteiger partial charge in [0.05, 0.1) is 66.9 Å². The quantitative estimate of drug-likeness (QED) is 0.122. The summed E-state index contributed by atoms with van der Waals surface area (Å²) in [4.78, 5) is 2.32. The molecule has 0 N–H and O–H groups in total. The Hall–Kier alpha value is -16.2. The lowest BCUT2D eigenvalue weighted by atomic mass is 9.93. The normalized spacial score (nSPS) is 12.2. The highest BCUT2D eigenvalue weighted by molar-refractivity contribution is 6.16. The molecule has 0 unspecified atom stereocenters. The minimum absolute atomic E-state index is 0.729. The summed E-state index contributed by atoms with van der Waals surface area (Å²) in [5.41, 5.74) is 34.8. The summed E-state index contributed by atoms with van der Waals surface area (Å²) in [6.07, 6.45) is 0. The van der Waals surface area contributed by atoms with Crippen LogP contribution in [0, 0.1) is 0 Å². The first-order valence-corrected chi connectivity index (χ1v) is 41.4. The molecule has 19 aromatic carbocycles. The number of aromatic nitrogens is 4. The maximum Gasteiger partial charge on any atom is 0.155 e. The van der Waals surface area contributed by atoms with Crippen LogP contribution in [0.5, 0.6) is 23.0 Å². The first-order valence-electron chi connectivity index (χ1n) is 41.4. The molecule has 7 nitrogen and oxygen atoms in total. The van der Waals surface area contributed by atoms with Crippen molar-refractivity contribution >= 4 is 104 Å². The highest BCUT2D eigenvalue weighted by Gasteiger charge is 2.36. The smallest absolute Gasteiger partial charge is 0.155 e. The van der Waals surface area contributed by atoms with Crippen LogP contribution in [0.3, 0.4) is 0 Å². The summed E-state index contributed by atoms with van der Waals surface area (Å²) in [5.74, 6) is 2.96. The van der Waals surface area contributed by atoms with Crippen molar-refractivity contribution in [3.63, 3.8) is 0 Å². The van der Waals surface area contributed by atoms with Crippen LogP contribution in [-0.2, 0) is 0 Å². The molecular weight excluding hydrogens is 1470 g/mol. The van der Waals surface area contributed by atoms with E-state index in [9.17, 15) is 0 Å². The van der Waals surface area contributed by atoms with E-state index in [1.807, 2.05) is 18.2 Å². The predicted molar refractivity (Wildman–Crippen MR) is 502 cm³/mol. The lowest BCUT2D eigenvalue weighted by Crippen LogP contribution is -2.20. The lowest BCUT2D eigenvalue weighted by molar-refractivity contribution is 0.446. The zero-order valence-corrected chi connectivity index (χ0v) is 65.5. The second kappa shape index (κ2) is 27.2. The molecule has 0 atom stereocenters. The van der Waals surface area contributed by atoms with Gasteiger partial charge >= 0.3 is 0 Å². The van der Waals surface area contributed by atoms with E-state index in [0.29, 0.717) is 0 Å². The maximum atomic E-state index is 7.02. The van der Waals surface area contributed by atoms with Gasteiger partial charge in [0.15, 0.2) is 23.0 Å². The van der Waals surface area contributed by atoms with Gasteiger partial charge in [-0.15, -0.1) is 0 Å². The number of rotatable bonds is 12. The van der Waals surface area contributed by atoms with Crippen molar-refractivity contribution in [1.29, 1.82) is 0 Å². The number of hydrogen-bond donors (Lipinski definition) is 0. The minimum atomic E-state index is 0.729. The standard InChI is InChI=1S/C114H71N5O2/c1-5-24-72(25-6-1)82-58-83(73-26-7-2-8-27-73)61-86(60-82)76-32-21-34-88(64-76)115-100-40-17-13-36-92(100)96-66-78(46-52-104(96)115)80-48-54-106-98(68-80)94-38-15-19-42-102(94)117(106)90-50-56-108-112(70-90)120-110-44-23-45-111-114(110)119(108)109-57-51-91(71-113(109)121-111)118-103-43-20-16-39-95(103)99-69-81(49-55-107(99)118)79-47-53-105-97(67-79)93-37-14-18-41-101(93)116(105)89-35-22-33-77(65-89)87-62-84(74-28-9-3-10-29-74)59-85(63-87)75-30-11-4-12-31-75/h1-71H. The second-order valence-electron chi connectivity index (χ2n) is 31.9. The second-order valence-corrected chi connectivity index (χ2v) is 31.9. The van der Waals surface area contributed by atoms with Gasteiger partial charge in [-0.25, -0.2) is 0 Å². The molecule has 4 aromatic heterocycles. The molecule has 0 fully saturated rings. The Labute approximate surface area is 697 Å². The van der Waals surface area contributed by atoms with E-state index in [1.165, 1.54) is 98.7 Å². The lowest BCUT2D eigenvalue weighted by Gasteiger charge is -2.38. The number of anilines is 3. The van der Waals surface area contributed by atoms with Gasteiger partial charge in [-0.05, 0) is 259 Å². The van der Waals surface area contributed by atoms with Crippen molar-refractivity contribution in [3.05, 3.63) is 431 Å². The van der Waals surface area contributed by atoms with Crippen LogP contribution < -0.4 is 14.4 Å². The molecule has 121 heavy (non-hydrogen) atoms. The summed E-state index contributed by atoms with van der Waals surface area (Å²) in [6, 6.07) is 157. The molecule has 0 aliphatic carbocycles. The Bertz CT molecular complexity index is 7620. The van der Waals surface area contributed by atoms with Crippen LogP contribution in [0.1, 0.15) is 0 Å². The zero-order valence-electron chi connectivity index (χ0n) is 65.5. The zero-order chi connectivity index (χ0) is 79.3. The Morgan fingerprint density at radius 3 is 0.702 bits per heavy atom. The predicted octanol–water partition coefficient (Wildman–Crippen LogP) is 31.1. The van der Waals surface area contributed by atoms with Gasteiger partial charge in [0.1, 0.15) is 5.69 Å². The van der Waals surface area contributed by atoms with Gasteiger partial charge in [0.2, 0.25) is 0 Å². The van der Waals surface area contributed by atoms with E-state index in [2.05, 4.69) is 436 Å². The average molecular weight is 1540 g/mol. The number of para-hydroxylation sites is 5. The summed E-state index contributed by atoms with van der Waals surface area (Å²) in [7, 11) is 0. The Morgan fingerprint density at radius 2 is 0.388 bits per heavy atom. The molecule has 0 saturated carbocycles. The van der Waals surface area contributed by atoms with Gasteiger partial charge in [-0.1, -0.05) is 249 Å². The SMILES string of the molecule is c1ccc(-c2cc(-c3ccccc3)cc(-c3cccc(-n4c5ccccc5c5cc(-c6ccc7c(c6)c6ccccc6n7-c6ccc7c(c6)Oc6cccc8c6N7c6ccc(-n7c9ccccc9c9cc(-c%10ccc%11c(c%10)c%10ccccc%10n%11-c%10cccc(-c%11cc(-c%12ccccc%12)cc(-c%12ccccc%12)c%11)c%10)ccc97)cc6O8)ccc54)c3)c2)cc1. The van der Waals surface area contributed by atoms with Crippen molar-refractivity contribution in [2.24, 2.45) is 0 Å². The topological polar surface area (TPSA) is 41.4 Å². The first-order chi connectivity index (χ1) is 59.9. The van der Waals surface area contributed by atoms with E-state index in [1.54, 1.807) is 0 Å².